The second-order valence-electron chi connectivity index (χ2n) is 4.51. The summed E-state index contributed by atoms with van der Waals surface area (Å²) in [7, 11) is 0. The van der Waals surface area contributed by atoms with Crippen LogP contribution in [0.15, 0.2) is 18.2 Å². The van der Waals surface area contributed by atoms with Crippen molar-refractivity contribution in [3.63, 3.8) is 0 Å². The summed E-state index contributed by atoms with van der Waals surface area (Å²) in [5.41, 5.74) is -0.510. The summed E-state index contributed by atoms with van der Waals surface area (Å²) in [6.07, 6.45) is 3.97. The van der Waals surface area contributed by atoms with Crippen LogP contribution < -0.4 is 10.6 Å². The van der Waals surface area contributed by atoms with Crippen molar-refractivity contribution in [2.45, 2.75) is 31.7 Å². The van der Waals surface area contributed by atoms with E-state index in [0.29, 0.717) is 0 Å². The highest BCUT2D eigenvalue weighted by Gasteiger charge is 2.22. The van der Waals surface area contributed by atoms with Crippen molar-refractivity contribution in [2.24, 2.45) is 0 Å². The van der Waals surface area contributed by atoms with Crippen LogP contribution in [-0.2, 0) is 0 Å². The fraction of sp³-hybridized carbons (Fsp3) is 0.417. The molecular weight excluding hydrogens is 250 g/mol. The Morgan fingerprint density at radius 2 is 2.05 bits per heavy atom. The fourth-order valence-electron chi connectivity index (χ4n) is 2.21. The maximum absolute atomic E-state index is 11.7. The van der Waals surface area contributed by atoms with Crippen LogP contribution in [0.25, 0.3) is 0 Å². The maximum atomic E-state index is 11.7. The standard InChI is InChI=1S/C12H15N3O4/c16-10-7-3-6-9(15(18)19)11(10)14-12(17)13-8-4-1-2-5-8/h3,6-8,16H,1-2,4-5H2,(H2,13,14,17). The first-order valence-electron chi connectivity index (χ1n) is 6.12. The smallest absolute Gasteiger partial charge is 0.319 e. The summed E-state index contributed by atoms with van der Waals surface area (Å²) in [6.45, 7) is 0. The highest BCUT2D eigenvalue weighted by Crippen LogP contribution is 2.33. The Hall–Kier alpha value is -2.31. The molecule has 2 amide bonds. The van der Waals surface area contributed by atoms with Gasteiger partial charge in [0, 0.05) is 12.1 Å². The molecule has 1 saturated carbocycles. The molecule has 0 unspecified atom stereocenters. The number of rotatable bonds is 3. The van der Waals surface area contributed by atoms with Gasteiger partial charge in [-0.3, -0.25) is 15.4 Å². The largest absolute Gasteiger partial charge is 0.505 e. The third-order valence-electron chi connectivity index (χ3n) is 3.15. The second kappa shape index (κ2) is 5.55. The van der Waals surface area contributed by atoms with Crippen LogP contribution in [0.1, 0.15) is 25.7 Å². The van der Waals surface area contributed by atoms with Crippen molar-refractivity contribution in [1.82, 2.24) is 5.32 Å². The summed E-state index contributed by atoms with van der Waals surface area (Å²) in [6, 6.07) is 3.44. The molecule has 1 aromatic rings. The summed E-state index contributed by atoms with van der Waals surface area (Å²) >= 11 is 0. The van der Waals surface area contributed by atoms with Gasteiger partial charge in [0.05, 0.1) is 4.92 Å². The van der Waals surface area contributed by atoms with Gasteiger partial charge in [-0.1, -0.05) is 18.9 Å². The monoisotopic (exact) mass is 265 g/mol. The van der Waals surface area contributed by atoms with Gasteiger partial charge in [0.2, 0.25) is 0 Å². The van der Waals surface area contributed by atoms with E-state index in [4.69, 9.17) is 0 Å². The predicted molar refractivity (Wildman–Crippen MR) is 69.2 cm³/mol. The number of hydrogen-bond donors (Lipinski definition) is 3. The molecule has 19 heavy (non-hydrogen) atoms. The molecule has 1 aliphatic carbocycles. The van der Waals surface area contributed by atoms with Crippen molar-refractivity contribution in [3.05, 3.63) is 28.3 Å². The van der Waals surface area contributed by atoms with E-state index in [1.54, 1.807) is 0 Å². The molecule has 0 bridgehead atoms. The number of nitro benzene ring substituents is 1. The Morgan fingerprint density at radius 3 is 2.68 bits per heavy atom. The predicted octanol–water partition coefficient (Wildman–Crippen LogP) is 2.36. The molecular formula is C12H15N3O4. The van der Waals surface area contributed by atoms with Gasteiger partial charge in [-0.2, -0.15) is 0 Å². The summed E-state index contributed by atoms with van der Waals surface area (Å²) in [5, 5.41) is 25.5. The number of para-hydroxylation sites is 1. The lowest BCUT2D eigenvalue weighted by molar-refractivity contribution is -0.384. The van der Waals surface area contributed by atoms with Crippen LogP contribution in [0.4, 0.5) is 16.2 Å². The van der Waals surface area contributed by atoms with Crippen molar-refractivity contribution >= 4 is 17.4 Å². The Morgan fingerprint density at radius 1 is 1.37 bits per heavy atom. The molecule has 0 aromatic heterocycles. The lowest BCUT2D eigenvalue weighted by Crippen LogP contribution is -2.36. The van der Waals surface area contributed by atoms with E-state index in [0.717, 1.165) is 25.7 Å². The quantitative estimate of drug-likeness (QED) is 0.443. The van der Waals surface area contributed by atoms with Crippen LogP contribution in [0.2, 0.25) is 0 Å². The number of aromatic hydroxyl groups is 1. The summed E-state index contributed by atoms with van der Waals surface area (Å²) in [5.74, 6) is -0.323. The van der Waals surface area contributed by atoms with Crippen molar-refractivity contribution in [1.29, 1.82) is 0 Å². The summed E-state index contributed by atoms with van der Waals surface area (Å²) < 4.78 is 0. The zero-order valence-electron chi connectivity index (χ0n) is 10.3. The number of nitro groups is 1. The molecule has 7 heteroatoms. The lowest BCUT2D eigenvalue weighted by Gasteiger charge is -2.13. The Balaban J connectivity index is 2.09. The lowest BCUT2D eigenvalue weighted by atomic mass is 10.2. The Bertz CT molecular complexity index is 498. The normalized spacial score (nSPS) is 15.2. The molecule has 1 fully saturated rings. The van der Waals surface area contributed by atoms with Gasteiger partial charge in [-0.15, -0.1) is 0 Å². The minimum absolute atomic E-state index is 0.102. The Labute approximate surface area is 109 Å². The van der Waals surface area contributed by atoms with Crippen molar-refractivity contribution in [2.75, 3.05) is 5.32 Å². The van der Waals surface area contributed by atoms with Gasteiger partial charge >= 0.3 is 6.03 Å². The van der Waals surface area contributed by atoms with Crippen LogP contribution in [-0.4, -0.2) is 22.1 Å². The van der Waals surface area contributed by atoms with E-state index in [-0.39, 0.29) is 23.2 Å². The highest BCUT2D eigenvalue weighted by molar-refractivity contribution is 5.94. The number of hydrogen-bond acceptors (Lipinski definition) is 4. The van der Waals surface area contributed by atoms with Crippen molar-refractivity contribution in [3.8, 4) is 5.75 Å². The first-order chi connectivity index (χ1) is 9.08. The number of phenols is 1. The maximum Gasteiger partial charge on any atom is 0.319 e. The minimum Gasteiger partial charge on any atom is -0.505 e. The first kappa shape index (κ1) is 13.1. The molecule has 0 aliphatic heterocycles. The van der Waals surface area contributed by atoms with Gasteiger partial charge in [0.25, 0.3) is 5.69 Å². The summed E-state index contributed by atoms with van der Waals surface area (Å²) in [4.78, 5) is 21.9. The Kier molecular flexibility index (Phi) is 3.84. The first-order valence-corrected chi connectivity index (χ1v) is 6.12. The van der Waals surface area contributed by atoms with Gasteiger partial charge in [0.1, 0.15) is 5.75 Å². The number of nitrogens with zero attached hydrogens (tertiary/aromatic N) is 1. The minimum atomic E-state index is -0.648. The average Bonchev–Trinajstić information content (AvgIpc) is 2.84. The molecule has 0 atom stereocenters. The molecule has 102 valence electrons. The number of urea groups is 1. The SMILES string of the molecule is O=C(Nc1c(O)cccc1[N+](=O)[O-])NC1CCCC1. The van der Waals surface area contributed by atoms with E-state index >= 15 is 0 Å². The fourth-order valence-corrected chi connectivity index (χ4v) is 2.21. The second-order valence-corrected chi connectivity index (χ2v) is 4.51. The highest BCUT2D eigenvalue weighted by atomic mass is 16.6. The number of anilines is 1. The van der Waals surface area contributed by atoms with Crippen LogP contribution in [0.3, 0.4) is 0 Å². The number of benzene rings is 1. The van der Waals surface area contributed by atoms with E-state index < -0.39 is 11.0 Å². The molecule has 3 N–H and O–H groups in total. The molecule has 0 heterocycles. The van der Waals surface area contributed by atoms with E-state index in [2.05, 4.69) is 10.6 Å². The van der Waals surface area contributed by atoms with Crippen LogP contribution in [0, 0.1) is 10.1 Å². The molecule has 0 spiro atoms. The molecule has 0 radical (unpaired) electrons. The number of carbonyl (C=O) groups excluding carboxylic acids is 1. The van der Waals surface area contributed by atoms with E-state index in [9.17, 15) is 20.0 Å². The number of carbonyl (C=O) groups is 1. The third kappa shape index (κ3) is 3.12. The molecule has 1 aliphatic rings. The average molecular weight is 265 g/mol. The van der Waals surface area contributed by atoms with E-state index in [1.807, 2.05) is 0 Å². The molecule has 0 saturated heterocycles. The topological polar surface area (TPSA) is 104 Å². The van der Waals surface area contributed by atoms with Gasteiger partial charge in [0.15, 0.2) is 5.69 Å². The zero-order chi connectivity index (χ0) is 13.8. The van der Waals surface area contributed by atoms with Gasteiger partial charge < -0.3 is 10.4 Å². The molecule has 2 rings (SSSR count). The number of nitrogens with one attached hydrogen (secondary N) is 2. The third-order valence-corrected chi connectivity index (χ3v) is 3.15. The van der Waals surface area contributed by atoms with Crippen LogP contribution in [0.5, 0.6) is 5.75 Å². The van der Waals surface area contributed by atoms with E-state index in [1.165, 1.54) is 18.2 Å². The number of phenolic OH excluding ortho intramolecular Hbond substituents is 1. The van der Waals surface area contributed by atoms with Crippen LogP contribution >= 0.6 is 0 Å². The zero-order valence-corrected chi connectivity index (χ0v) is 10.3. The molecule has 7 nitrogen and oxygen atoms in total. The van der Waals surface area contributed by atoms with Gasteiger partial charge in [-0.05, 0) is 18.9 Å². The number of amides is 2. The van der Waals surface area contributed by atoms with Gasteiger partial charge in [-0.25, -0.2) is 4.79 Å². The molecule has 1 aromatic carbocycles. The van der Waals surface area contributed by atoms with Crippen molar-refractivity contribution < 1.29 is 14.8 Å².